The van der Waals surface area contributed by atoms with Crippen LogP contribution in [0.2, 0.25) is 0 Å². The number of hydrogen-bond acceptors (Lipinski definition) is 6. The monoisotopic (exact) mass is 330 g/mol. The van der Waals surface area contributed by atoms with Crippen molar-refractivity contribution in [3.05, 3.63) is 0 Å². The standard InChI is InChI=1S/C17H34N2O4/c1-16(2,9-14-11-22-14)18-5-7-20-13-21-8-6-19-17(3,4)10-15-12-23-15/h14-15,18-19H,5-13H2,1-4H3. The van der Waals surface area contributed by atoms with E-state index in [0.29, 0.717) is 32.2 Å². The van der Waals surface area contributed by atoms with Gasteiger partial charge in [0.1, 0.15) is 6.79 Å². The van der Waals surface area contributed by atoms with Crippen molar-refractivity contribution >= 4 is 0 Å². The van der Waals surface area contributed by atoms with Crippen LogP contribution in [0, 0.1) is 0 Å². The largest absolute Gasteiger partial charge is 0.373 e. The lowest BCUT2D eigenvalue weighted by Gasteiger charge is -2.26. The summed E-state index contributed by atoms with van der Waals surface area (Å²) in [7, 11) is 0. The van der Waals surface area contributed by atoms with Gasteiger partial charge < -0.3 is 29.6 Å². The fraction of sp³-hybridized carbons (Fsp3) is 1.00. The molecule has 6 nitrogen and oxygen atoms in total. The molecule has 2 saturated heterocycles. The molecule has 0 saturated carbocycles. The maximum atomic E-state index is 5.49. The zero-order valence-corrected chi connectivity index (χ0v) is 15.2. The minimum atomic E-state index is 0.103. The Balaban J connectivity index is 1.36. The van der Waals surface area contributed by atoms with Crippen molar-refractivity contribution in [2.45, 2.75) is 63.8 Å². The molecule has 136 valence electrons. The topological polar surface area (TPSA) is 67.6 Å². The van der Waals surface area contributed by atoms with Crippen molar-refractivity contribution < 1.29 is 18.9 Å². The number of hydrogen-bond donors (Lipinski definition) is 2. The zero-order chi connectivity index (χ0) is 16.8. The van der Waals surface area contributed by atoms with Crippen LogP contribution in [0.1, 0.15) is 40.5 Å². The molecule has 2 aliphatic heterocycles. The normalized spacial score (nSPS) is 24.0. The summed E-state index contributed by atoms with van der Waals surface area (Å²) < 4.78 is 21.5. The summed E-state index contributed by atoms with van der Waals surface area (Å²) in [6.45, 7) is 13.9. The van der Waals surface area contributed by atoms with E-state index in [1.54, 1.807) is 0 Å². The molecule has 0 aliphatic carbocycles. The van der Waals surface area contributed by atoms with Gasteiger partial charge in [-0.05, 0) is 40.5 Å². The van der Waals surface area contributed by atoms with Gasteiger partial charge in [0.05, 0.1) is 38.6 Å². The van der Waals surface area contributed by atoms with Crippen LogP contribution in [-0.4, -0.2) is 69.6 Å². The second kappa shape index (κ2) is 8.74. The average Bonchev–Trinajstić information content (AvgIpc) is 3.34. The van der Waals surface area contributed by atoms with Crippen molar-refractivity contribution in [1.82, 2.24) is 10.6 Å². The quantitative estimate of drug-likeness (QED) is 0.284. The summed E-state index contributed by atoms with van der Waals surface area (Å²) in [4.78, 5) is 0. The molecule has 6 heteroatoms. The second-order valence-corrected chi connectivity index (χ2v) is 7.87. The highest BCUT2D eigenvalue weighted by molar-refractivity contribution is 4.86. The summed E-state index contributed by atoms with van der Waals surface area (Å²) in [5, 5.41) is 6.98. The van der Waals surface area contributed by atoms with Crippen LogP contribution >= 0.6 is 0 Å². The molecule has 0 spiro atoms. The summed E-state index contributed by atoms with van der Waals surface area (Å²) in [5.41, 5.74) is 0.207. The maximum absolute atomic E-state index is 5.49. The lowest BCUT2D eigenvalue weighted by atomic mass is 9.99. The van der Waals surface area contributed by atoms with Crippen molar-refractivity contribution in [1.29, 1.82) is 0 Å². The molecule has 0 aromatic rings. The highest BCUT2D eigenvalue weighted by Crippen LogP contribution is 2.22. The van der Waals surface area contributed by atoms with E-state index in [1.165, 1.54) is 0 Å². The molecule has 0 amide bonds. The Morgan fingerprint density at radius 1 is 0.826 bits per heavy atom. The van der Waals surface area contributed by atoms with Gasteiger partial charge in [0.25, 0.3) is 0 Å². The predicted octanol–water partition coefficient (Wildman–Crippen LogP) is 1.29. The Bertz CT molecular complexity index is 309. The van der Waals surface area contributed by atoms with Crippen molar-refractivity contribution in [3.63, 3.8) is 0 Å². The van der Waals surface area contributed by atoms with Crippen LogP contribution in [-0.2, 0) is 18.9 Å². The predicted molar refractivity (Wildman–Crippen MR) is 89.6 cm³/mol. The van der Waals surface area contributed by atoms with E-state index in [4.69, 9.17) is 18.9 Å². The third kappa shape index (κ3) is 9.59. The highest BCUT2D eigenvalue weighted by atomic mass is 16.7. The maximum Gasteiger partial charge on any atom is 0.146 e. The van der Waals surface area contributed by atoms with E-state index in [0.717, 1.165) is 39.1 Å². The van der Waals surface area contributed by atoms with Gasteiger partial charge >= 0.3 is 0 Å². The van der Waals surface area contributed by atoms with Crippen LogP contribution in [0.5, 0.6) is 0 Å². The fourth-order valence-electron chi connectivity index (χ4n) is 2.75. The number of nitrogens with one attached hydrogen (secondary N) is 2. The van der Waals surface area contributed by atoms with Crippen LogP contribution in [0.3, 0.4) is 0 Å². The van der Waals surface area contributed by atoms with Crippen molar-refractivity contribution in [3.8, 4) is 0 Å². The molecular weight excluding hydrogens is 296 g/mol. The van der Waals surface area contributed by atoms with Gasteiger partial charge in [0.15, 0.2) is 0 Å². The van der Waals surface area contributed by atoms with Gasteiger partial charge in [-0.25, -0.2) is 0 Å². The molecule has 23 heavy (non-hydrogen) atoms. The number of epoxide rings is 2. The van der Waals surface area contributed by atoms with E-state index < -0.39 is 0 Å². The smallest absolute Gasteiger partial charge is 0.146 e. The van der Waals surface area contributed by atoms with Crippen LogP contribution in [0.4, 0.5) is 0 Å². The molecule has 2 rings (SSSR count). The Labute approximate surface area is 140 Å². The summed E-state index contributed by atoms with van der Waals surface area (Å²) in [6.07, 6.45) is 3.00. The first kappa shape index (κ1) is 19.1. The Morgan fingerprint density at radius 2 is 1.22 bits per heavy atom. The first-order chi connectivity index (χ1) is 10.9. The zero-order valence-electron chi connectivity index (χ0n) is 15.2. The Kier molecular flexibility index (Phi) is 7.25. The third-order valence-electron chi connectivity index (χ3n) is 4.15. The van der Waals surface area contributed by atoms with Crippen LogP contribution in [0.25, 0.3) is 0 Å². The second-order valence-electron chi connectivity index (χ2n) is 7.87. The van der Waals surface area contributed by atoms with Gasteiger partial charge in [-0.1, -0.05) is 0 Å². The third-order valence-corrected chi connectivity index (χ3v) is 4.15. The van der Waals surface area contributed by atoms with E-state index in [2.05, 4.69) is 38.3 Å². The van der Waals surface area contributed by atoms with E-state index in [1.807, 2.05) is 0 Å². The van der Waals surface area contributed by atoms with Crippen molar-refractivity contribution in [2.75, 3.05) is 46.3 Å². The molecule has 2 N–H and O–H groups in total. The average molecular weight is 330 g/mol. The summed E-state index contributed by atoms with van der Waals surface area (Å²) in [6, 6.07) is 0. The molecule has 0 aromatic heterocycles. The summed E-state index contributed by atoms with van der Waals surface area (Å²) in [5.74, 6) is 0. The molecule has 0 radical (unpaired) electrons. The van der Waals surface area contributed by atoms with E-state index in [9.17, 15) is 0 Å². The van der Waals surface area contributed by atoms with Crippen LogP contribution in [0.15, 0.2) is 0 Å². The number of rotatable bonds is 14. The molecular formula is C17H34N2O4. The Morgan fingerprint density at radius 3 is 1.57 bits per heavy atom. The first-order valence-corrected chi connectivity index (χ1v) is 8.75. The van der Waals surface area contributed by atoms with E-state index in [-0.39, 0.29) is 11.1 Å². The van der Waals surface area contributed by atoms with Crippen molar-refractivity contribution in [2.24, 2.45) is 0 Å². The molecule has 0 aromatic carbocycles. The van der Waals surface area contributed by atoms with Gasteiger partial charge in [-0.15, -0.1) is 0 Å². The first-order valence-electron chi connectivity index (χ1n) is 8.75. The molecule has 2 fully saturated rings. The van der Waals surface area contributed by atoms with Crippen LogP contribution < -0.4 is 10.6 Å². The van der Waals surface area contributed by atoms with Gasteiger partial charge in [-0.3, -0.25) is 0 Å². The molecule has 0 bridgehead atoms. The SMILES string of the molecule is CC(C)(CC1CO1)NCCOCOCCNC(C)(C)CC1CO1. The highest BCUT2D eigenvalue weighted by Gasteiger charge is 2.31. The van der Waals surface area contributed by atoms with Gasteiger partial charge in [0, 0.05) is 24.2 Å². The summed E-state index contributed by atoms with van der Waals surface area (Å²) >= 11 is 0. The fourth-order valence-corrected chi connectivity index (χ4v) is 2.75. The van der Waals surface area contributed by atoms with Gasteiger partial charge in [0.2, 0.25) is 0 Å². The minimum Gasteiger partial charge on any atom is -0.373 e. The van der Waals surface area contributed by atoms with Gasteiger partial charge in [-0.2, -0.15) is 0 Å². The van der Waals surface area contributed by atoms with E-state index >= 15 is 0 Å². The lowest BCUT2D eigenvalue weighted by molar-refractivity contribution is -0.0531. The molecule has 2 atom stereocenters. The molecule has 2 heterocycles. The molecule has 2 aliphatic rings. The lowest BCUT2D eigenvalue weighted by Crippen LogP contribution is -2.42. The number of ether oxygens (including phenoxy) is 4. The Hall–Kier alpha value is -0.240. The molecule has 2 unspecified atom stereocenters. The minimum absolute atomic E-state index is 0.103.